The summed E-state index contributed by atoms with van der Waals surface area (Å²) in [6.07, 6.45) is 3.42. The van der Waals surface area contributed by atoms with Gasteiger partial charge in [-0.1, -0.05) is 12.1 Å². The molecule has 2 unspecified atom stereocenters. The number of hydrogen-bond acceptors (Lipinski definition) is 4. The molecule has 5 heteroatoms. The van der Waals surface area contributed by atoms with E-state index < -0.39 is 0 Å². The Bertz CT molecular complexity index is 598. The summed E-state index contributed by atoms with van der Waals surface area (Å²) < 4.78 is 5.76. The molecular formula is C19H27N3O2. The molecule has 1 aliphatic carbocycles. The number of hydrogen-bond donors (Lipinski definition) is 0. The minimum Gasteiger partial charge on any atom is -0.492 e. The Kier molecular flexibility index (Phi) is 4.35. The van der Waals surface area contributed by atoms with Crippen LogP contribution < -0.4 is 9.64 Å². The molecule has 1 aromatic carbocycles. The summed E-state index contributed by atoms with van der Waals surface area (Å²) in [5.74, 6) is 1.70. The molecule has 4 rings (SSSR count). The van der Waals surface area contributed by atoms with E-state index in [4.69, 9.17) is 4.74 Å². The highest BCUT2D eigenvalue weighted by Gasteiger charge is 2.44. The van der Waals surface area contributed by atoms with Gasteiger partial charge in [-0.05, 0) is 38.3 Å². The maximum absolute atomic E-state index is 12.3. The second kappa shape index (κ2) is 6.63. The maximum Gasteiger partial charge on any atom is 0.227 e. The largest absolute Gasteiger partial charge is 0.492 e. The number of carbonyl (C=O) groups is 1. The van der Waals surface area contributed by atoms with Crippen molar-refractivity contribution in [1.29, 1.82) is 0 Å². The fourth-order valence-electron chi connectivity index (χ4n) is 4.41. The third kappa shape index (κ3) is 2.86. The van der Waals surface area contributed by atoms with Gasteiger partial charge < -0.3 is 14.5 Å². The Hall–Kier alpha value is -1.75. The predicted molar refractivity (Wildman–Crippen MR) is 94.2 cm³/mol. The molecule has 1 amide bonds. The first kappa shape index (κ1) is 15.8. The predicted octanol–water partition coefficient (Wildman–Crippen LogP) is 2.18. The lowest BCUT2D eigenvalue weighted by Gasteiger charge is -2.39. The van der Waals surface area contributed by atoms with Crippen LogP contribution in [0.25, 0.3) is 0 Å². The lowest BCUT2D eigenvalue weighted by molar-refractivity contribution is -0.136. The van der Waals surface area contributed by atoms with Gasteiger partial charge in [0.05, 0.1) is 19.0 Å². The van der Waals surface area contributed by atoms with Crippen molar-refractivity contribution in [3.8, 4) is 5.75 Å². The van der Waals surface area contributed by atoms with E-state index >= 15 is 0 Å². The van der Waals surface area contributed by atoms with Gasteiger partial charge in [0, 0.05) is 38.1 Å². The van der Waals surface area contributed by atoms with Crippen LogP contribution in [0.1, 0.15) is 26.2 Å². The zero-order valence-electron chi connectivity index (χ0n) is 14.5. The lowest BCUT2D eigenvalue weighted by Crippen LogP contribution is -2.52. The third-order valence-electron chi connectivity index (χ3n) is 5.71. The van der Waals surface area contributed by atoms with Crippen LogP contribution in [0.4, 0.5) is 5.69 Å². The summed E-state index contributed by atoms with van der Waals surface area (Å²) >= 11 is 0. The minimum atomic E-state index is 0.328. The van der Waals surface area contributed by atoms with Crippen LogP contribution in [0, 0.1) is 5.92 Å². The van der Waals surface area contributed by atoms with Gasteiger partial charge in [-0.3, -0.25) is 9.69 Å². The number of likely N-dealkylation sites (tertiary alicyclic amines) is 1. The minimum absolute atomic E-state index is 0.328. The molecule has 1 saturated carbocycles. The smallest absolute Gasteiger partial charge is 0.227 e. The number of nitrogens with zero attached hydrogens (tertiary/aromatic N) is 3. The number of benzene rings is 1. The van der Waals surface area contributed by atoms with Crippen LogP contribution >= 0.6 is 0 Å². The number of fused-ring (bicyclic) bond motifs is 2. The van der Waals surface area contributed by atoms with E-state index in [0.29, 0.717) is 24.5 Å². The first-order valence-corrected chi connectivity index (χ1v) is 9.26. The summed E-state index contributed by atoms with van der Waals surface area (Å²) in [6.45, 7) is 7.51. The topological polar surface area (TPSA) is 36.0 Å². The van der Waals surface area contributed by atoms with Crippen molar-refractivity contribution in [2.45, 2.75) is 32.2 Å². The quantitative estimate of drug-likeness (QED) is 0.829. The molecule has 5 nitrogen and oxygen atoms in total. The number of piperazine rings is 1. The second-order valence-corrected chi connectivity index (χ2v) is 7.12. The number of para-hydroxylation sites is 2. The molecule has 2 heterocycles. The van der Waals surface area contributed by atoms with Gasteiger partial charge in [-0.25, -0.2) is 0 Å². The van der Waals surface area contributed by atoms with E-state index in [1.54, 1.807) is 0 Å². The SMILES string of the molecule is CCOc1ccccc1N1CCN(CN2C(=O)C3CCC2C3)CC1. The maximum atomic E-state index is 12.3. The summed E-state index contributed by atoms with van der Waals surface area (Å²) in [7, 11) is 0. The second-order valence-electron chi connectivity index (χ2n) is 7.12. The van der Waals surface area contributed by atoms with Crippen molar-refractivity contribution in [3.63, 3.8) is 0 Å². The van der Waals surface area contributed by atoms with Crippen molar-refractivity contribution >= 4 is 11.6 Å². The van der Waals surface area contributed by atoms with Crippen molar-refractivity contribution in [1.82, 2.24) is 9.80 Å². The molecule has 24 heavy (non-hydrogen) atoms. The van der Waals surface area contributed by atoms with Crippen LogP contribution in [0.2, 0.25) is 0 Å². The average Bonchev–Trinajstić information content (AvgIpc) is 3.20. The highest BCUT2D eigenvalue weighted by molar-refractivity contribution is 5.82. The van der Waals surface area contributed by atoms with E-state index in [1.807, 2.05) is 19.1 Å². The van der Waals surface area contributed by atoms with Gasteiger partial charge in [0.1, 0.15) is 5.75 Å². The molecule has 0 aromatic heterocycles. The molecule has 2 atom stereocenters. The van der Waals surface area contributed by atoms with Crippen LogP contribution in [0.3, 0.4) is 0 Å². The van der Waals surface area contributed by atoms with Crippen molar-refractivity contribution < 1.29 is 9.53 Å². The number of anilines is 1. The summed E-state index contributed by atoms with van der Waals surface area (Å²) in [5.41, 5.74) is 1.19. The van der Waals surface area contributed by atoms with Gasteiger partial charge in [0.15, 0.2) is 0 Å². The lowest BCUT2D eigenvalue weighted by atomic mass is 10.1. The van der Waals surface area contributed by atoms with E-state index in [-0.39, 0.29) is 0 Å². The van der Waals surface area contributed by atoms with E-state index in [0.717, 1.165) is 51.4 Å². The highest BCUT2D eigenvalue weighted by atomic mass is 16.5. The van der Waals surface area contributed by atoms with Crippen LogP contribution in [-0.2, 0) is 4.79 Å². The molecule has 2 saturated heterocycles. The fraction of sp³-hybridized carbons (Fsp3) is 0.632. The average molecular weight is 329 g/mol. The molecule has 3 aliphatic rings. The Morgan fingerprint density at radius 2 is 1.92 bits per heavy atom. The summed E-state index contributed by atoms with van der Waals surface area (Å²) in [5, 5.41) is 0. The van der Waals surface area contributed by atoms with E-state index in [9.17, 15) is 4.79 Å². The zero-order valence-corrected chi connectivity index (χ0v) is 14.5. The van der Waals surface area contributed by atoms with Crippen LogP contribution in [0.5, 0.6) is 5.75 Å². The van der Waals surface area contributed by atoms with E-state index in [1.165, 1.54) is 12.1 Å². The van der Waals surface area contributed by atoms with Crippen LogP contribution in [-0.4, -0.2) is 61.2 Å². The molecule has 0 spiro atoms. The first-order valence-electron chi connectivity index (χ1n) is 9.26. The molecule has 130 valence electrons. The number of carbonyl (C=O) groups excluding carboxylic acids is 1. The third-order valence-corrected chi connectivity index (χ3v) is 5.71. The van der Waals surface area contributed by atoms with Gasteiger partial charge in [-0.2, -0.15) is 0 Å². The van der Waals surface area contributed by atoms with Crippen molar-refractivity contribution in [3.05, 3.63) is 24.3 Å². The highest BCUT2D eigenvalue weighted by Crippen LogP contribution is 2.38. The Labute approximate surface area is 144 Å². The molecule has 2 bridgehead atoms. The van der Waals surface area contributed by atoms with Crippen molar-refractivity contribution in [2.24, 2.45) is 5.92 Å². The van der Waals surface area contributed by atoms with Crippen LogP contribution in [0.15, 0.2) is 24.3 Å². The molecule has 2 aliphatic heterocycles. The number of ether oxygens (including phenoxy) is 1. The van der Waals surface area contributed by atoms with Gasteiger partial charge in [0.2, 0.25) is 5.91 Å². The Morgan fingerprint density at radius 3 is 2.62 bits per heavy atom. The molecule has 0 N–H and O–H groups in total. The zero-order chi connectivity index (χ0) is 16.5. The normalized spacial score (nSPS) is 27.1. The van der Waals surface area contributed by atoms with Crippen molar-refractivity contribution in [2.75, 3.05) is 44.4 Å². The standard InChI is InChI=1S/C19H27N3O2/c1-2-24-18-6-4-3-5-17(18)21-11-9-20(10-12-21)14-22-16-8-7-15(13-16)19(22)23/h3-6,15-16H,2,7-14H2,1H3. The molecular weight excluding hydrogens is 302 g/mol. The van der Waals surface area contributed by atoms with Gasteiger partial charge in [0.25, 0.3) is 0 Å². The molecule has 3 fully saturated rings. The number of amides is 1. The monoisotopic (exact) mass is 329 g/mol. The molecule has 1 aromatic rings. The Morgan fingerprint density at radius 1 is 1.12 bits per heavy atom. The summed E-state index contributed by atoms with van der Waals surface area (Å²) in [4.78, 5) is 19.3. The summed E-state index contributed by atoms with van der Waals surface area (Å²) in [6, 6.07) is 8.80. The Balaban J connectivity index is 1.35. The van der Waals surface area contributed by atoms with E-state index in [2.05, 4.69) is 26.8 Å². The van der Waals surface area contributed by atoms with Gasteiger partial charge in [-0.15, -0.1) is 0 Å². The number of piperidine rings is 1. The number of rotatable bonds is 5. The molecule has 0 radical (unpaired) electrons. The first-order chi connectivity index (χ1) is 11.8. The fourth-order valence-corrected chi connectivity index (χ4v) is 4.41. The van der Waals surface area contributed by atoms with Gasteiger partial charge >= 0.3 is 0 Å².